The fraction of sp³-hybridized carbons (Fsp3) is 0.556. The molecule has 0 saturated carbocycles. The molecule has 0 unspecified atom stereocenters. The third-order valence-electron chi connectivity index (χ3n) is 1.37. The van der Waals surface area contributed by atoms with Gasteiger partial charge in [0, 0.05) is 11.6 Å². The molecule has 0 aliphatic heterocycles. The number of anilines is 1. The van der Waals surface area contributed by atoms with Crippen molar-refractivity contribution in [2.75, 3.05) is 5.32 Å². The van der Waals surface area contributed by atoms with Crippen LogP contribution in [0.2, 0.25) is 0 Å². The third-order valence-corrected chi connectivity index (χ3v) is 1.58. The van der Waals surface area contributed by atoms with Gasteiger partial charge in [-0.2, -0.15) is 0 Å². The third kappa shape index (κ3) is 3.55. The van der Waals surface area contributed by atoms with Crippen LogP contribution in [0.4, 0.5) is 5.82 Å². The van der Waals surface area contributed by atoms with Crippen LogP contribution >= 0.6 is 12.2 Å². The van der Waals surface area contributed by atoms with E-state index < -0.39 is 0 Å². The molecule has 0 radical (unpaired) electrons. The molecule has 0 spiro atoms. The average Bonchev–Trinajstić information content (AvgIpc) is 1.78. The van der Waals surface area contributed by atoms with Gasteiger partial charge in [-0.15, -0.1) is 0 Å². The summed E-state index contributed by atoms with van der Waals surface area (Å²) >= 11 is 5.01. The first kappa shape index (κ1) is 10.2. The molecule has 0 saturated heterocycles. The van der Waals surface area contributed by atoms with Gasteiger partial charge in [-0.1, -0.05) is 12.2 Å². The molecule has 0 fully saturated rings. The minimum atomic E-state index is 0.0338. The summed E-state index contributed by atoms with van der Waals surface area (Å²) in [6, 6.07) is 1.83. The zero-order valence-electron chi connectivity index (χ0n) is 8.43. The highest BCUT2D eigenvalue weighted by Crippen LogP contribution is 2.11. The molecule has 72 valence electrons. The van der Waals surface area contributed by atoms with E-state index >= 15 is 0 Å². The Morgan fingerprint density at radius 2 is 2.08 bits per heavy atom. The Labute approximate surface area is 83.6 Å². The lowest BCUT2D eigenvalue weighted by molar-refractivity contribution is 0.629. The number of H-pyrrole nitrogens is 1. The van der Waals surface area contributed by atoms with Crippen LogP contribution in [0.5, 0.6) is 0 Å². The first-order valence-electron chi connectivity index (χ1n) is 4.23. The van der Waals surface area contributed by atoms with E-state index in [1.807, 2.05) is 13.0 Å². The molecule has 1 heterocycles. The molecule has 0 atom stereocenters. The maximum atomic E-state index is 5.01. The highest BCUT2D eigenvalue weighted by atomic mass is 32.1. The summed E-state index contributed by atoms with van der Waals surface area (Å²) in [6.45, 7) is 8.18. The molecule has 4 heteroatoms. The van der Waals surface area contributed by atoms with E-state index in [1.54, 1.807) is 0 Å². The number of rotatable bonds is 1. The zero-order valence-corrected chi connectivity index (χ0v) is 9.25. The largest absolute Gasteiger partial charge is 0.367 e. The number of aryl methyl sites for hydroxylation is 1. The summed E-state index contributed by atoms with van der Waals surface area (Å²) < 4.78 is 0.614. The minimum Gasteiger partial charge on any atom is -0.367 e. The molecule has 2 N–H and O–H groups in total. The highest BCUT2D eigenvalue weighted by molar-refractivity contribution is 7.71. The van der Waals surface area contributed by atoms with Crippen LogP contribution in [-0.4, -0.2) is 15.5 Å². The van der Waals surface area contributed by atoms with Gasteiger partial charge in [0.05, 0.1) is 0 Å². The Balaban J connectivity index is 2.96. The molecule has 13 heavy (non-hydrogen) atoms. The second kappa shape index (κ2) is 3.46. The fourth-order valence-electron chi connectivity index (χ4n) is 1.05. The molecular formula is C9H15N3S. The summed E-state index contributed by atoms with van der Waals surface area (Å²) in [5.74, 6) is 1.75. The van der Waals surface area contributed by atoms with Crippen LogP contribution in [0.25, 0.3) is 0 Å². The quantitative estimate of drug-likeness (QED) is 0.680. The van der Waals surface area contributed by atoms with E-state index in [4.69, 9.17) is 12.2 Å². The van der Waals surface area contributed by atoms with Crippen molar-refractivity contribution in [1.29, 1.82) is 0 Å². The van der Waals surface area contributed by atoms with E-state index in [-0.39, 0.29) is 5.54 Å². The first-order valence-corrected chi connectivity index (χ1v) is 4.64. The molecule has 1 aromatic rings. The van der Waals surface area contributed by atoms with Crippen LogP contribution in [-0.2, 0) is 0 Å². The fourth-order valence-corrected chi connectivity index (χ4v) is 1.31. The Bertz CT molecular complexity index is 349. The van der Waals surface area contributed by atoms with Gasteiger partial charge in [-0.05, 0) is 27.7 Å². The first-order chi connectivity index (χ1) is 5.87. The second-order valence-electron chi connectivity index (χ2n) is 4.09. The van der Waals surface area contributed by atoms with Crippen LogP contribution in [0.3, 0.4) is 0 Å². The molecule has 0 amide bonds. The predicted molar refractivity (Wildman–Crippen MR) is 57.5 cm³/mol. The summed E-state index contributed by atoms with van der Waals surface area (Å²) in [5.41, 5.74) is 0.0338. The molecule has 3 nitrogen and oxygen atoms in total. The van der Waals surface area contributed by atoms with Gasteiger partial charge in [-0.3, -0.25) is 0 Å². The van der Waals surface area contributed by atoms with Gasteiger partial charge in [-0.25, -0.2) is 4.98 Å². The van der Waals surface area contributed by atoms with Crippen molar-refractivity contribution in [2.24, 2.45) is 0 Å². The minimum absolute atomic E-state index is 0.0338. The SMILES string of the molecule is Cc1nc(=S)cc(NC(C)(C)C)[nH]1. The smallest absolute Gasteiger partial charge is 0.131 e. The normalized spacial score (nSPS) is 11.4. The lowest BCUT2D eigenvalue weighted by Crippen LogP contribution is -2.26. The maximum Gasteiger partial charge on any atom is 0.131 e. The molecule has 1 rings (SSSR count). The Hall–Kier alpha value is -0.900. The number of aromatic nitrogens is 2. The van der Waals surface area contributed by atoms with Crippen LogP contribution in [0.15, 0.2) is 6.07 Å². The van der Waals surface area contributed by atoms with E-state index in [0.717, 1.165) is 11.6 Å². The number of hydrogen-bond acceptors (Lipinski definition) is 3. The standard InChI is InChI=1S/C9H15N3S/c1-6-10-7(5-8(13)11-6)12-9(2,3)4/h5H,1-4H3,(H2,10,11,12,13). The zero-order chi connectivity index (χ0) is 10.1. The van der Waals surface area contributed by atoms with Gasteiger partial charge in [0.25, 0.3) is 0 Å². The number of hydrogen-bond donors (Lipinski definition) is 2. The van der Waals surface area contributed by atoms with Crippen molar-refractivity contribution in [1.82, 2.24) is 9.97 Å². The van der Waals surface area contributed by atoms with Crippen molar-refractivity contribution in [3.8, 4) is 0 Å². The van der Waals surface area contributed by atoms with Crippen molar-refractivity contribution in [2.45, 2.75) is 33.2 Å². The summed E-state index contributed by atoms with van der Waals surface area (Å²) in [5, 5.41) is 3.30. The molecule has 1 aromatic heterocycles. The molecular weight excluding hydrogens is 182 g/mol. The van der Waals surface area contributed by atoms with Gasteiger partial charge in [0.2, 0.25) is 0 Å². The van der Waals surface area contributed by atoms with Gasteiger partial charge >= 0.3 is 0 Å². The Kier molecular flexibility index (Phi) is 2.71. The van der Waals surface area contributed by atoms with Crippen molar-refractivity contribution >= 4 is 18.0 Å². The molecule has 0 aromatic carbocycles. The van der Waals surface area contributed by atoms with Crippen LogP contribution in [0, 0.1) is 11.6 Å². The van der Waals surface area contributed by atoms with Crippen molar-refractivity contribution in [3.63, 3.8) is 0 Å². The lowest BCUT2D eigenvalue weighted by atomic mass is 10.1. The number of aromatic amines is 1. The summed E-state index contributed by atoms with van der Waals surface area (Å²) in [6.07, 6.45) is 0. The van der Waals surface area contributed by atoms with Gasteiger partial charge in [0.1, 0.15) is 16.3 Å². The van der Waals surface area contributed by atoms with E-state index in [9.17, 15) is 0 Å². The molecule has 0 aliphatic carbocycles. The van der Waals surface area contributed by atoms with Crippen LogP contribution < -0.4 is 5.32 Å². The van der Waals surface area contributed by atoms with Gasteiger partial charge < -0.3 is 10.3 Å². The van der Waals surface area contributed by atoms with E-state index in [1.165, 1.54) is 0 Å². The average molecular weight is 197 g/mol. The van der Waals surface area contributed by atoms with Gasteiger partial charge in [0.15, 0.2) is 0 Å². The Morgan fingerprint density at radius 1 is 1.46 bits per heavy atom. The molecule has 0 bridgehead atoms. The molecule has 0 aliphatic rings. The summed E-state index contributed by atoms with van der Waals surface area (Å²) in [4.78, 5) is 7.20. The topological polar surface area (TPSA) is 40.7 Å². The van der Waals surface area contributed by atoms with Crippen LogP contribution in [0.1, 0.15) is 26.6 Å². The van der Waals surface area contributed by atoms with E-state index in [0.29, 0.717) is 4.64 Å². The lowest BCUT2D eigenvalue weighted by Gasteiger charge is -2.21. The van der Waals surface area contributed by atoms with Crippen molar-refractivity contribution < 1.29 is 0 Å². The van der Waals surface area contributed by atoms with Crippen molar-refractivity contribution in [3.05, 3.63) is 16.5 Å². The maximum absolute atomic E-state index is 5.01. The highest BCUT2D eigenvalue weighted by Gasteiger charge is 2.09. The monoisotopic (exact) mass is 197 g/mol. The Morgan fingerprint density at radius 3 is 2.54 bits per heavy atom. The number of nitrogens with zero attached hydrogens (tertiary/aromatic N) is 1. The number of nitrogens with one attached hydrogen (secondary N) is 2. The predicted octanol–water partition coefficient (Wildman–Crippen LogP) is 2.66. The van der Waals surface area contributed by atoms with E-state index in [2.05, 4.69) is 36.1 Å². The second-order valence-corrected chi connectivity index (χ2v) is 4.51. The summed E-state index contributed by atoms with van der Waals surface area (Å²) in [7, 11) is 0.